The van der Waals surface area contributed by atoms with Crippen LogP contribution in [0.5, 0.6) is 0 Å². The van der Waals surface area contributed by atoms with Crippen molar-refractivity contribution in [3.63, 3.8) is 0 Å². The number of amides is 1. The summed E-state index contributed by atoms with van der Waals surface area (Å²) in [6.45, 7) is 4.14. The second-order valence-corrected chi connectivity index (χ2v) is 7.54. The summed E-state index contributed by atoms with van der Waals surface area (Å²) in [5.74, 6) is -0.310. The Hall–Kier alpha value is -1.01. The number of nitrogens with one attached hydrogen (secondary N) is 1. The van der Waals surface area contributed by atoms with Crippen LogP contribution in [0, 0.1) is 12.3 Å². The van der Waals surface area contributed by atoms with Gasteiger partial charge in [-0.2, -0.15) is 0 Å². The number of aryl methyl sites for hydroxylation is 1. The van der Waals surface area contributed by atoms with E-state index in [1.807, 2.05) is 0 Å². The standard InChI is InChI=1S/C12H16ClNO4S/c1-3-12(4-5-12)7-14-11(15)9-6-10(8(2)18-9)19(13,16)17/h6H,3-5,7H2,1-2H3,(H,14,15). The van der Waals surface area contributed by atoms with Crippen molar-refractivity contribution in [3.8, 4) is 0 Å². The van der Waals surface area contributed by atoms with Crippen molar-refractivity contribution in [3.05, 3.63) is 17.6 Å². The highest BCUT2D eigenvalue weighted by Crippen LogP contribution is 2.47. The zero-order chi connectivity index (χ0) is 14.3. The van der Waals surface area contributed by atoms with Crippen LogP contribution in [0.15, 0.2) is 15.4 Å². The first-order valence-electron chi connectivity index (χ1n) is 6.11. The second-order valence-electron chi connectivity index (χ2n) is 5.01. The van der Waals surface area contributed by atoms with Gasteiger partial charge in [-0.15, -0.1) is 0 Å². The lowest BCUT2D eigenvalue weighted by Gasteiger charge is -2.12. The van der Waals surface area contributed by atoms with Gasteiger partial charge in [-0.3, -0.25) is 4.79 Å². The minimum Gasteiger partial charge on any atom is -0.455 e. The summed E-state index contributed by atoms with van der Waals surface area (Å²) in [6, 6.07) is 1.17. The molecule has 0 spiro atoms. The smallest absolute Gasteiger partial charge is 0.287 e. The lowest BCUT2D eigenvalue weighted by atomic mass is 10.0. The second kappa shape index (κ2) is 4.83. The van der Waals surface area contributed by atoms with Gasteiger partial charge in [0.05, 0.1) is 0 Å². The van der Waals surface area contributed by atoms with E-state index in [-0.39, 0.29) is 21.8 Å². The third-order valence-corrected chi connectivity index (χ3v) is 5.12. The first-order chi connectivity index (χ1) is 8.77. The number of halogens is 1. The average molecular weight is 306 g/mol. The van der Waals surface area contributed by atoms with Gasteiger partial charge in [0.1, 0.15) is 10.7 Å². The summed E-state index contributed by atoms with van der Waals surface area (Å²) in [6.07, 6.45) is 3.25. The van der Waals surface area contributed by atoms with Crippen molar-refractivity contribution in [2.75, 3.05) is 6.54 Å². The highest BCUT2D eigenvalue weighted by Gasteiger charge is 2.40. The number of hydrogen-bond acceptors (Lipinski definition) is 4. The maximum absolute atomic E-state index is 11.9. The molecule has 0 bridgehead atoms. The molecule has 1 aliphatic rings. The molecule has 106 valence electrons. The van der Waals surface area contributed by atoms with E-state index in [9.17, 15) is 13.2 Å². The molecule has 5 nitrogen and oxygen atoms in total. The quantitative estimate of drug-likeness (QED) is 0.848. The van der Waals surface area contributed by atoms with E-state index < -0.39 is 15.0 Å². The Morgan fingerprint density at radius 1 is 1.53 bits per heavy atom. The Morgan fingerprint density at radius 2 is 2.16 bits per heavy atom. The van der Waals surface area contributed by atoms with Crippen LogP contribution in [0.2, 0.25) is 0 Å². The zero-order valence-electron chi connectivity index (χ0n) is 10.8. The number of rotatable bonds is 5. The monoisotopic (exact) mass is 305 g/mol. The SMILES string of the molecule is CCC1(CNC(=O)c2cc(S(=O)(=O)Cl)c(C)o2)CC1. The Bertz CT molecular complexity index is 601. The first kappa shape index (κ1) is 14.4. The van der Waals surface area contributed by atoms with E-state index >= 15 is 0 Å². The zero-order valence-corrected chi connectivity index (χ0v) is 12.4. The van der Waals surface area contributed by atoms with Crippen LogP contribution in [0.1, 0.15) is 42.5 Å². The van der Waals surface area contributed by atoms with Gasteiger partial charge in [0.25, 0.3) is 15.0 Å². The number of furan rings is 1. The summed E-state index contributed by atoms with van der Waals surface area (Å²) >= 11 is 0. The summed E-state index contributed by atoms with van der Waals surface area (Å²) in [7, 11) is 1.36. The lowest BCUT2D eigenvalue weighted by molar-refractivity contribution is 0.0915. The molecule has 0 saturated heterocycles. The molecule has 1 fully saturated rings. The van der Waals surface area contributed by atoms with Crippen molar-refractivity contribution >= 4 is 25.6 Å². The Morgan fingerprint density at radius 3 is 2.58 bits per heavy atom. The minimum absolute atomic E-state index is 0.0244. The topological polar surface area (TPSA) is 76.4 Å². The van der Waals surface area contributed by atoms with Gasteiger partial charge in [0, 0.05) is 23.3 Å². The third-order valence-electron chi connectivity index (χ3n) is 3.69. The van der Waals surface area contributed by atoms with Gasteiger partial charge in [-0.05, 0) is 31.6 Å². The normalized spacial score (nSPS) is 17.2. The fourth-order valence-electron chi connectivity index (χ4n) is 2.01. The molecular weight excluding hydrogens is 290 g/mol. The molecule has 1 N–H and O–H groups in total. The van der Waals surface area contributed by atoms with Gasteiger partial charge in [-0.25, -0.2) is 8.42 Å². The maximum Gasteiger partial charge on any atom is 0.287 e. The van der Waals surface area contributed by atoms with Crippen molar-refractivity contribution in [2.24, 2.45) is 5.41 Å². The van der Waals surface area contributed by atoms with Crippen LogP contribution in [0.3, 0.4) is 0 Å². The largest absolute Gasteiger partial charge is 0.455 e. The molecule has 2 rings (SSSR count). The van der Waals surface area contributed by atoms with E-state index in [0.29, 0.717) is 6.54 Å². The van der Waals surface area contributed by atoms with Crippen molar-refractivity contribution in [2.45, 2.75) is 38.0 Å². The van der Waals surface area contributed by atoms with Gasteiger partial charge in [0.15, 0.2) is 5.76 Å². The Kier molecular flexibility index (Phi) is 3.66. The molecule has 1 aromatic rings. The Balaban J connectivity index is 2.08. The van der Waals surface area contributed by atoms with Gasteiger partial charge >= 0.3 is 0 Å². The fraction of sp³-hybridized carbons (Fsp3) is 0.583. The van der Waals surface area contributed by atoms with Gasteiger partial charge < -0.3 is 9.73 Å². The molecule has 1 heterocycles. The molecule has 7 heteroatoms. The van der Waals surface area contributed by atoms with Crippen molar-refractivity contribution < 1.29 is 17.6 Å². The number of carbonyl (C=O) groups is 1. The highest BCUT2D eigenvalue weighted by molar-refractivity contribution is 8.13. The average Bonchev–Trinajstić information content (AvgIpc) is 3.00. The first-order valence-corrected chi connectivity index (χ1v) is 8.42. The van der Waals surface area contributed by atoms with Crippen LogP contribution < -0.4 is 5.32 Å². The fourth-order valence-corrected chi connectivity index (χ4v) is 3.10. The third kappa shape index (κ3) is 3.12. The summed E-state index contributed by atoms with van der Waals surface area (Å²) in [5.41, 5.74) is 0.221. The molecular formula is C12H16ClNO4S. The van der Waals surface area contributed by atoms with Crippen LogP contribution in [0.4, 0.5) is 0 Å². The lowest BCUT2D eigenvalue weighted by Crippen LogP contribution is -2.29. The summed E-state index contributed by atoms with van der Waals surface area (Å²) in [5, 5.41) is 2.77. The molecule has 19 heavy (non-hydrogen) atoms. The van der Waals surface area contributed by atoms with Crippen molar-refractivity contribution in [1.82, 2.24) is 5.32 Å². The molecule has 1 saturated carbocycles. The number of carbonyl (C=O) groups excluding carboxylic acids is 1. The minimum atomic E-state index is -3.88. The van der Waals surface area contributed by atoms with Gasteiger partial charge in [0.2, 0.25) is 0 Å². The van der Waals surface area contributed by atoms with Crippen LogP contribution in [-0.2, 0) is 9.05 Å². The highest BCUT2D eigenvalue weighted by atomic mass is 35.7. The molecule has 0 aliphatic heterocycles. The molecule has 1 amide bonds. The molecule has 0 radical (unpaired) electrons. The van der Waals surface area contributed by atoms with Gasteiger partial charge in [-0.1, -0.05) is 6.92 Å². The maximum atomic E-state index is 11.9. The predicted molar refractivity (Wildman–Crippen MR) is 70.8 cm³/mol. The summed E-state index contributed by atoms with van der Waals surface area (Å²) < 4.78 is 27.6. The van der Waals surface area contributed by atoms with E-state index in [2.05, 4.69) is 12.2 Å². The molecule has 1 aromatic heterocycles. The van der Waals surface area contributed by atoms with E-state index in [0.717, 1.165) is 19.3 Å². The Labute approximate surface area is 116 Å². The molecule has 1 aliphatic carbocycles. The van der Waals surface area contributed by atoms with E-state index in [4.69, 9.17) is 15.1 Å². The van der Waals surface area contributed by atoms with E-state index in [1.54, 1.807) is 0 Å². The van der Waals surface area contributed by atoms with Crippen molar-refractivity contribution in [1.29, 1.82) is 0 Å². The predicted octanol–water partition coefficient (Wildman–Crippen LogP) is 2.44. The van der Waals surface area contributed by atoms with Crippen LogP contribution in [0.25, 0.3) is 0 Å². The molecule has 0 atom stereocenters. The summed E-state index contributed by atoms with van der Waals surface area (Å²) in [4.78, 5) is 11.7. The molecule has 0 unspecified atom stereocenters. The number of hydrogen-bond donors (Lipinski definition) is 1. The van der Waals surface area contributed by atoms with Crippen LogP contribution in [-0.4, -0.2) is 20.9 Å². The van der Waals surface area contributed by atoms with E-state index in [1.165, 1.54) is 13.0 Å². The molecule has 0 aromatic carbocycles. The van der Waals surface area contributed by atoms with Crippen LogP contribution >= 0.6 is 10.7 Å².